The van der Waals surface area contributed by atoms with Gasteiger partial charge in [0.2, 0.25) is 0 Å². The maximum absolute atomic E-state index is 6.30. The molecule has 0 amide bonds. The molecule has 0 radical (unpaired) electrons. The second kappa shape index (κ2) is 7.44. The number of unbranched alkanes of at least 4 members (excludes halogenated alkanes) is 1. The van der Waals surface area contributed by atoms with Crippen LogP contribution in [0.3, 0.4) is 0 Å². The van der Waals surface area contributed by atoms with E-state index in [4.69, 9.17) is 5.73 Å². The Balaban J connectivity index is 2.58. The lowest BCUT2D eigenvalue weighted by Crippen LogP contribution is -2.16. The SMILES string of the molecule is CCCCC(CC)CC(N)c1cccnc1C. The first kappa shape index (κ1) is 14.2. The zero-order valence-corrected chi connectivity index (χ0v) is 11.4. The molecule has 2 heteroatoms. The Morgan fingerprint density at radius 1 is 1.35 bits per heavy atom. The average Bonchev–Trinajstić information content (AvgIpc) is 2.34. The van der Waals surface area contributed by atoms with Gasteiger partial charge in [-0.25, -0.2) is 0 Å². The van der Waals surface area contributed by atoms with E-state index in [1.807, 2.05) is 19.2 Å². The van der Waals surface area contributed by atoms with Gasteiger partial charge >= 0.3 is 0 Å². The van der Waals surface area contributed by atoms with Gasteiger partial charge in [0.15, 0.2) is 0 Å². The van der Waals surface area contributed by atoms with Crippen LogP contribution in [-0.2, 0) is 0 Å². The molecule has 0 fully saturated rings. The van der Waals surface area contributed by atoms with Crippen LogP contribution >= 0.6 is 0 Å². The molecular weight excluding hydrogens is 208 g/mol. The number of nitrogens with zero attached hydrogens (tertiary/aromatic N) is 1. The van der Waals surface area contributed by atoms with Crippen molar-refractivity contribution in [2.75, 3.05) is 0 Å². The van der Waals surface area contributed by atoms with Gasteiger partial charge < -0.3 is 5.73 Å². The molecule has 96 valence electrons. The van der Waals surface area contributed by atoms with E-state index in [-0.39, 0.29) is 6.04 Å². The van der Waals surface area contributed by atoms with Gasteiger partial charge in [0, 0.05) is 17.9 Å². The summed E-state index contributed by atoms with van der Waals surface area (Å²) in [7, 11) is 0. The highest BCUT2D eigenvalue weighted by atomic mass is 14.7. The fourth-order valence-electron chi connectivity index (χ4n) is 2.36. The molecule has 0 saturated heterocycles. The zero-order chi connectivity index (χ0) is 12.7. The van der Waals surface area contributed by atoms with E-state index < -0.39 is 0 Å². The quantitative estimate of drug-likeness (QED) is 0.774. The number of rotatable bonds is 7. The topological polar surface area (TPSA) is 38.9 Å². The Hall–Kier alpha value is -0.890. The van der Waals surface area contributed by atoms with E-state index in [0.717, 1.165) is 18.0 Å². The third-order valence-electron chi connectivity index (χ3n) is 3.58. The fraction of sp³-hybridized carbons (Fsp3) is 0.667. The molecule has 1 aromatic heterocycles. The summed E-state index contributed by atoms with van der Waals surface area (Å²) < 4.78 is 0. The Morgan fingerprint density at radius 2 is 2.12 bits per heavy atom. The molecule has 0 aliphatic rings. The molecule has 0 aliphatic carbocycles. The highest BCUT2D eigenvalue weighted by molar-refractivity contribution is 5.21. The van der Waals surface area contributed by atoms with Crippen molar-refractivity contribution in [3.05, 3.63) is 29.6 Å². The van der Waals surface area contributed by atoms with Crippen LogP contribution in [0.25, 0.3) is 0 Å². The standard InChI is InChI=1S/C15H26N2/c1-4-6-8-13(5-2)11-15(16)14-9-7-10-17-12(14)3/h7,9-10,13,15H,4-6,8,11,16H2,1-3H3. The van der Waals surface area contributed by atoms with Gasteiger partial charge in [-0.3, -0.25) is 4.98 Å². The van der Waals surface area contributed by atoms with Crippen LogP contribution in [0.15, 0.2) is 18.3 Å². The van der Waals surface area contributed by atoms with Crippen LogP contribution in [-0.4, -0.2) is 4.98 Å². The summed E-state index contributed by atoms with van der Waals surface area (Å²) in [6.07, 6.45) is 8.05. The smallest absolute Gasteiger partial charge is 0.0420 e. The predicted molar refractivity (Wildman–Crippen MR) is 73.8 cm³/mol. The monoisotopic (exact) mass is 234 g/mol. The number of hydrogen-bond acceptors (Lipinski definition) is 2. The first-order valence-corrected chi connectivity index (χ1v) is 6.86. The summed E-state index contributed by atoms with van der Waals surface area (Å²) in [5, 5.41) is 0. The normalized spacial score (nSPS) is 14.6. The highest BCUT2D eigenvalue weighted by Gasteiger charge is 2.15. The van der Waals surface area contributed by atoms with Gasteiger partial charge in [0.05, 0.1) is 0 Å². The number of pyridine rings is 1. The van der Waals surface area contributed by atoms with E-state index >= 15 is 0 Å². The van der Waals surface area contributed by atoms with Crippen molar-refractivity contribution in [2.45, 2.75) is 58.9 Å². The van der Waals surface area contributed by atoms with Crippen LogP contribution < -0.4 is 5.73 Å². The van der Waals surface area contributed by atoms with Gasteiger partial charge in [-0.1, -0.05) is 45.6 Å². The van der Waals surface area contributed by atoms with Crippen molar-refractivity contribution >= 4 is 0 Å². The second-order valence-electron chi connectivity index (χ2n) is 4.94. The minimum Gasteiger partial charge on any atom is -0.324 e. The van der Waals surface area contributed by atoms with E-state index in [1.165, 1.54) is 31.2 Å². The van der Waals surface area contributed by atoms with Crippen molar-refractivity contribution in [3.8, 4) is 0 Å². The molecule has 17 heavy (non-hydrogen) atoms. The van der Waals surface area contributed by atoms with E-state index in [9.17, 15) is 0 Å². The lowest BCUT2D eigenvalue weighted by Gasteiger charge is -2.20. The Labute approximate surface area is 106 Å². The summed E-state index contributed by atoms with van der Waals surface area (Å²) >= 11 is 0. The van der Waals surface area contributed by atoms with Crippen LogP contribution in [0, 0.1) is 12.8 Å². The molecule has 1 heterocycles. The van der Waals surface area contributed by atoms with Crippen molar-refractivity contribution in [2.24, 2.45) is 11.7 Å². The molecule has 0 aliphatic heterocycles. The van der Waals surface area contributed by atoms with E-state index in [1.54, 1.807) is 0 Å². The summed E-state index contributed by atoms with van der Waals surface area (Å²) in [5.41, 5.74) is 8.59. The molecule has 1 aromatic rings. The number of nitrogens with two attached hydrogens (primary N) is 1. The van der Waals surface area contributed by atoms with Gasteiger partial charge in [-0.05, 0) is 30.9 Å². The number of aromatic nitrogens is 1. The molecule has 2 nitrogen and oxygen atoms in total. The third-order valence-corrected chi connectivity index (χ3v) is 3.58. The van der Waals surface area contributed by atoms with Crippen LogP contribution in [0.1, 0.15) is 63.3 Å². The van der Waals surface area contributed by atoms with Gasteiger partial charge in [-0.2, -0.15) is 0 Å². The maximum atomic E-state index is 6.30. The maximum Gasteiger partial charge on any atom is 0.0420 e. The molecule has 2 N–H and O–H groups in total. The Bertz CT molecular complexity index is 322. The lowest BCUT2D eigenvalue weighted by molar-refractivity contribution is 0.387. The Morgan fingerprint density at radius 3 is 2.71 bits per heavy atom. The van der Waals surface area contributed by atoms with Crippen molar-refractivity contribution in [1.82, 2.24) is 4.98 Å². The summed E-state index contributed by atoms with van der Waals surface area (Å²) in [5.74, 6) is 0.754. The first-order chi connectivity index (χ1) is 8.19. The summed E-state index contributed by atoms with van der Waals surface area (Å²) in [6, 6.07) is 4.24. The minimum atomic E-state index is 0.144. The van der Waals surface area contributed by atoms with Gasteiger partial charge in [-0.15, -0.1) is 0 Å². The van der Waals surface area contributed by atoms with E-state index in [2.05, 4.69) is 24.9 Å². The van der Waals surface area contributed by atoms with E-state index in [0.29, 0.717) is 0 Å². The van der Waals surface area contributed by atoms with Crippen molar-refractivity contribution in [3.63, 3.8) is 0 Å². The van der Waals surface area contributed by atoms with Crippen LogP contribution in [0.4, 0.5) is 0 Å². The molecular formula is C15H26N2. The third kappa shape index (κ3) is 4.47. The second-order valence-corrected chi connectivity index (χ2v) is 4.94. The van der Waals surface area contributed by atoms with Crippen molar-refractivity contribution in [1.29, 1.82) is 0 Å². The highest BCUT2D eigenvalue weighted by Crippen LogP contribution is 2.25. The number of aryl methyl sites for hydroxylation is 1. The molecule has 0 saturated carbocycles. The molecule has 0 spiro atoms. The van der Waals surface area contributed by atoms with Crippen molar-refractivity contribution < 1.29 is 0 Å². The largest absolute Gasteiger partial charge is 0.324 e. The number of hydrogen-bond donors (Lipinski definition) is 1. The van der Waals surface area contributed by atoms with Gasteiger partial charge in [0.25, 0.3) is 0 Å². The molecule has 0 bridgehead atoms. The predicted octanol–water partition coefficient (Wildman–Crippen LogP) is 4.00. The van der Waals surface area contributed by atoms with Gasteiger partial charge in [0.1, 0.15) is 0 Å². The average molecular weight is 234 g/mol. The minimum absolute atomic E-state index is 0.144. The van der Waals surface area contributed by atoms with Crippen LogP contribution in [0.2, 0.25) is 0 Å². The first-order valence-electron chi connectivity index (χ1n) is 6.86. The van der Waals surface area contributed by atoms with Crippen LogP contribution in [0.5, 0.6) is 0 Å². The zero-order valence-electron chi connectivity index (χ0n) is 11.4. The fourth-order valence-corrected chi connectivity index (χ4v) is 2.36. The molecule has 1 rings (SSSR count). The Kier molecular flexibility index (Phi) is 6.20. The molecule has 0 aromatic carbocycles. The summed E-state index contributed by atoms with van der Waals surface area (Å²) in [4.78, 5) is 4.32. The molecule has 2 atom stereocenters. The summed E-state index contributed by atoms with van der Waals surface area (Å²) in [6.45, 7) is 6.56. The molecule has 2 unspecified atom stereocenters. The lowest BCUT2D eigenvalue weighted by atomic mass is 9.89.